The summed E-state index contributed by atoms with van der Waals surface area (Å²) >= 11 is 0. The highest BCUT2D eigenvalue weighted by molar-refractivity contribution is 5.92. The number of imidazole rings is 1. The molecule has 0 aromatic carbocycles. The zero-order valence-corrected chi connectivity index (χ0v) is 6.21. The number of aromatic amines is 1. The van der Waals surface area contributed by atoms with E-state index in [1.54, 1.807) is 12.4 Å². The van der Waals surface area contributed by atoms with Crippen molar-refractivity contribution in [3.8, 4) is 0 Å². The molecule has 1 N–H and O–H groups in total. The quantitative estimate of drug-likeness (QED) is 0.662. The van der Waals surface area contributed by atoms with E-state index >= 15 is 0 Å². The number of rotatable bonds is 3. The van der Waals surface area contributed by atoms with Gasteiger partial charge in [-0.05, 0) is 18.8 Å². The van der Waals surface area contributed by atoms with Crippen LogP contribution >= 0.6 is 0 Å². The first-order chi connectivity index (χ1) is 5.36. The fourth-order valence-electron chi connectivity index (χ4n) is 1.10. The maximum Gasteiger partial charge on any atom is 0.198 e. The minimum Gasteiger partial charge on any atom is -0.342 e. The Morgan fingerprint density at radius 3 is 3.09 bits per heavy atom. The van der Waals surface area contributed by atoms with Gasteiger partial charge in [-0.15, -0.1) is 0 Å². The molecule has 1 saturated carbocycles. The first kappa shape index (κ1) is 6.58. The van der Waals surface area contributed by atoms with Crippen LogP contribution in [0.5, 0.6) is 0 Å². The van der Waals surface area contributed by atoms with Gasteiger partial charge in [-0.1, -0.05) is 0 Å². The summed E-state index contributed by atoms with van der Waals surface area (Å²) in [5, 5.41) is 0. The first-order valence-electron chi connectivity index (χ1n) is 3.89. The molecule has 0 aliphatic heterocycles. The van der Waals surface area contributed by atoms with Crippen LogP contribution in [-0.2, 0) is 0 Å². The van der Waals surface area contributed by atoms with Gasteiger partial charge in [-0.3, -0.25) is 4.79 Å². The lowest BCUT2D eigenvalue weighted by Gasteiger charge is -1.92. The molecule has 1 fully saturated rings. The highest BCUT2D eigenvalue weighted by Gasteiger charge is 2.25. The topological polar surface area (TPSA) is 45.8 Å². The van der Waals surface area contributed by atoms with E-state index in [4.69, 9.17) is 0 Å². The number of ketones is 1. The summed E-state index contributed by atoms with van der Waals surface area (Å²) in [6.07, 6.45) is 6.40. The molecule has 1 aliphatic rings. The highest BCUT2D eigenvalue weighted by atomic mass is 16.1. The van der Waals surface area contributed by atoms with E-state index in [0.29, 0.717) is 18.2 Å². The molecule has 1 aliphatic carbocycles. The average Bonchev–Trinajstić information content (AvgIpc) is 2.67. The first-order valence-corrected chi connectivity index (χ1v) is 3.89. The normalized spacial score (nSPS) is 16.7. The Bertz CT molecular complexity index is 249. The number of H-pyrrole nitrogens is 1. The molecule has 3 nitrogen and oxygen atoms in total. The van der Waals surface area contributed by atoms with Gasteiger partial charge in [-0.25, -0.2) is 4.98 Å². The predicted octanol–water partition coefficient (Wildman–Crippen LogP) is 1.39. The van der Waals surface area contributed by atoms with Crippen LogP contribution in [0, 0.1) is 5.92 Å². The van der Waals surface area contributed by atoms with Crippen molar-refractivity contribution >= 4 is 5.78 Å². The molecule has 0 radical (unpaired) electrons. The molecule has 0 saturated heterocycles. The van der Waals surface area contributed by atoms with E-state index in [2.05, 4.69) is 9.97 Å². The fourth-order valence-corrected chi connectivity index (χ4v) is 1.10. The molecule has 0 bridgehead atoms. The Hall–Kier alpha value is -1.12. The number of nitrogens with one attached hydrogen (secondary N) is 1. The van der Waals surface area contributed by atoms with Crippen molar-refractivity contribution in [3.05, 3.63) is 18.2 Å². The Labute approximate surface area is 64.8 Å². The van der Waals surface area contributed by atoms with Gasteiger partial charge >= 0.3 is 0 Å². The molecule has 1 heterocycles. The van der Waals surface area contributed by atoms with E-state index in [-0.39, 0.29) is 5.78 Å². The molecule has 3 heteroatoms. The molecular formula is C8H10N2O. The summed E-state index contributed by atoms with van der Waals surface area (Å²) < 4.78 is 0. The van der Waals surface area contributed by atoms with E-state index in [9.17, 15) is 4.79 Å². The molecule has 2 rings (SSSR count). The SMILES string of the molecule is O=C(CC1CC1)c1ncc[nH]1. The summed E-state index contributed by atoms with van der Waals surface area (Å²) in [7, 11) is 0. The lowest BCUT2D eigenvalue weighted by molar-refractivity contribution is 0.0967. The minimum atomic E-state index is 0.150. The van der Waals surface area contributed by atoms with Crippen LogP contribution < -0.4 is 0 Å². The van der Waals surface area contributed by atoms with Gasteiger partial charge in [0, 0.05) is 18.8 Å². The summed E-state index contributed by atoms with van der Waals surface area (Å²) in [5.41, 5.74) is 0. The Morgan fingerprint density at radius 1 is 1.73 bits per heavy atom. The third-order valence-electron chi connectivity index (χ3n) is 1.93. The van der Waals surface area contributed by atoms with Crippen molar-refractivity contribution in [2.75, 3.05) is 0 Å². The molecule has 1 aromatic rings. The van der Waals surface area contributed by atoms with Gasteiger partial charge in [0.15, 0.2) is 11.6 Å². The van der Waals surface area contributed by atoms with E-state index < -0.39 is 0 Å². The van der Waals surface area contributed by atoms with Crippen molar-refractivity contribution < 1.29 is 4.79 Å². The lowest BCUT2D eigenvalue weighted by Crippen LogP contribution is -2.01. The second-order valence-corrected chi connectivity index (χ2v) is 3.01. The van der Waals surface area contributed by atoms with Crippen LogP contribution in [0.25, 0.3) is 0 Å². The van der Waals surface area contributed by atoms with Gasteiger partial charge in [0.25, 0.3) is 0 Å². The largest absolute Gasteiger partial charge is 0.342 e. The molecule has 0 spiro atoms. The Morgan fingerprint density at radius 2 is 2.55 bits per heavy atom. The number of hydrogen-bond donors (Lipinski definition) is 1. The number of hydrogen-bond acceptors (Lipinski definition) is 2. The average molecular weight is 150 g/mol. The maximum atomic E-state index is 11.3. The van der Waals surface area contributed by atoms with Gasteiger partial charge in [0.2, 0.25) is 0 Å². The van der Waals surface area contributed by atoms with Crippen LogP contribution in [0.2, 0.25) is 0 Å². The zero-order chi connectivity index (χ0) is 7.68. The van der Waals surface area contributed by atoms with Crippen molar-refractivity contribution in [3.63, 3.8) is 0 Å². The predicted molar refractivity (Wildman–Crippen MR) is 40.3 cm³/mol. The summed E-state index contributed by atoms with van der Waals surface area (Å²) in [6.45, 7) is 0. The Kier molecular flexibility index (Phi) is 1.49. The summed E-state index contributed by atoms with van der Waals surface area (Å²) in [4.78, 5) is 18.0. The summed E-state index contributed by atoms with van der Waals surface area (Å²) in [6, 6.07) is 0. The number of carbonyl (C=O) groups excluding carboxylic acids is 1. The number of aromatic nitrogens is 2. The maximum absolute atomic E-state index is 11.3. The molecule has 11 heavy (non-hydrogen) atoms. The van der Waals surface area contributed by atoms with Gasteiger partial charge in [0.1, 0.15) is 0 Å². The summed E-state index contributed by atoms with van der Waals surface area (Å²) in [5.74, 6) is 1.31. The van der Waals surface area contributed by atoms with Gasteiger partial charge in [-0.2, -0.15) is 0 Å². The zero-order valence-electron chi connectivity index (χ0n) is 6.21. The van der Waals surface area contributed by atoms with Crippen LogP contribution in [0.15, 0.2) is 12.4 Å². The number of carbonyl (C=O) groups is 1. The third kappa shape index (κ3) is 1.48. The number of nitrogens with zero attached hydrogens (tertiary/aromatic N) is 1. The van der Waals surface area contributed by atoms with Crippen molar-refractivity contribution in [2.45, 2.75) is 19.3 Å². The van der Waals surface area contributed by atoms with Crippen LogP contribution in [0.1, 0.15) is 29.9 Å². The molecule has 0 amide bonds. The van der Waals surface area contributed by atoms with Gasteiger partial charge < -0.3 is 4.98 Å². The monoisotopic (exact) mass is 150 g/mol. The van der Waals surface area contributed by atoms with Gasteiger partial charge in [0.05, 0.1) is 0 Å². The van der Waals surface area contributed by atoms with E-state index in [0.717, 1.165) is 0 Å². The second kappa shape index (κ2) is 2.49. The molecule has 58 valence electrons. The standard InChI is InChI=1S/C8H10N2O/c11-7(5-6-1-2-6)8-9-3-4-10-8/h3-4,6H,1-2,5H2,(H,9,10). The Balaban J connectivity index is 1.99. The third-order valence-corrected chi connectivity index (χ3v) is 1.93. The van der Waals surface area contributed by atoms with Crippen molar-refractivity contribution in [2.24, 2.45) is 5.92 Å². The van der Waals surface area contributed by atoms with Crippen LogP contribution in [-0.4, -0.2) is 15.8 Å². The van der Waals surface area contributed by atoms with E-state index in [1.807, 2.05) is 0 Å². The van der Waals surface area contributed by atoms with E-state index in [1.165, 1.54) is 12.8 Å². The minimum absolute atomic E-state index is 0.150. The molecule has 0 atom stereocenters. The van der Waals surface area contributed by atoms with Crippen LogP contribution in [0.3, 0.4) is 0 Å². The second-order valence-electron chi connectivity index (χ2n) is 3.01. The lowest BCUT2D eigenvalue weighted by atomic mass is 10.2. The smallest absolute Gasteiger partial charge is 0.198 e. The molecule has 0 unspecified atom stereocenters. The van der Waals surface area contributed by atoms with Crippen molar-refractivity contribution in [1.29, 1.82) is 0 Å². The number of Topliss-reactive ketones (excluding diaryl/α,β-unsaturated/α-hetero) is 1. The highest BCUT2D eigenvalue weighted by Crippen LogP contribution is 2.32. The fraction of sp³-hybridized carbons (Fsp3) is 0.500. The molecular weight excluding hydrogens is 140 g/mol. The molecule has 1 aromatic heterocycles. The van der Waals surface area contributed by atoms with Crippen molar-refractivity contribution in [1.82, 2.24) is 9.97 Å². The van der Waals surface area contributed by atoms with Crippen LogP contribution in [0.4, 0.5) is 0 Å².